The summed E-state index contributed by atoms with van der Waals surface area (Å²) in [6, 6.07) is 17.1. The molecule has 0 saturated carbocycles. The van der Waals surface area contributed by atoms with Gasteiger partial charge in [0.1, 0.15) is 5.75 Å². The maximum absolute atomic E-state index is 5.71. The summed E-state index contributed by atoms with van der Waals surface area (Å²) in [6.45, 7) is 9.52. The molecule has 0 aliphatic heterocycles. The Hall–Kier alpha value is -1.76. The molecule has 0 radical (unpaired) electrons. The third kappa shape index (κ3) is 3.04. The first-order valence-corrected chi connectivity index (χ1v) is 7.41. The zero-order valence-corrected chi connectivity index (χ0v) is 12.9. The molecule has 1 heteroatoms. The Kier molecular flexibility index (Phi) is 4.49. The van der Waals surface area contributed by atoms with E-state index < -0.39 is 0 Å². The van der Waals surface area contributed by atoms with E-state index >= 15 is 0 Å². The molecule has 0 bridgehead atoms. The van der Waals surface area contributed by atoms with Crippen molar-refractivity contribution in [1.82, 2.24) is 0 Å². The van der Waals surface area contributed by atoms with Gasteiger partial charge in [0.15, 0.2) is 0 Å². The number of hydrogen-bond acceptors (Lipinski definition) is 1. The van der Waals surface area contributed by atoms with E-state index in [2.05, 4.69) is 57.2 Å². The van der Waals surface area contributed by atoms with Gasteiger partial charge in [-0.25, -0.2) is 0 Å². The Morgan fingerprint density at radius 1 is 0.900 bits per heavy atom. The summed E-state index contributed by atoms with van der Waals surface area (Å²) < 4.78 is 5.71. The molecule has 0 unspecified atom stereocenters. The Labute approximate surface area is 122 Å². The highest BCUT2D eigenvalue weighted by atomic mass is 16.5. The lowest BCUT2D eigenvalue weighted by atomic mass is 9.82. The number of hydrogen-bond donors (Lipinski definition) is 0. The summed E-state index contributed by atoms with van der Waals surface area (Å²) in [5, 5.41) is 0. The maximum atomic E-state index is 5.71. The van der Waals surface area contributed by atoms with Crippen LogP contribution in [0.2, 0.25) is 0 Å². The van der Waals surface area contributed by atoms with Crippen LogP contribution in [0.15, 0.2) is 48.5 Å². The molecule has 2 aromatic rings. The average molecular weight is 268 g/mol. The van der Waals surface area contributed by atoms with Crippen LogP contribution < -0.4 is 4.74 Å². The maximum Gasteiger partial charge on any atom is 0.127 e. The first-order valence-electron chi connectivity index (χ1n) is 7.41. The van der Waals surface area contributed by atoms with Crippen molar-refractivity contribution in [3.63, 3.8) is 0 Å². The van der Waals surface area contributed by atoms with E-state index in [1.807, 2.05) is 19.1 Å². The second kappa shape index (κ2) is 6.13. The summed E-state index contributed by atoms with van der Waals surface area (Å²) >= 11 is 0. The Morgan fingerprint density at radius 2 is 1.55 bits per heavy atom. The number of ether oxygens (including phenoxy) is 1. The van der Waals surface area contributed by atoms with Crippen molar-refractivity contribution in [3.05, 3.63) is 54.1 Å². The van der Waals surface area contributed by atoms with Crippen LogP contribution in [0.3, 0.4) is 0 Å². The van der Waals surface area contributed by atoms with Crippen LogP contribution in [0.5, 0.6) is 5.75 Å². The molecule has 0 aliphatic carbocycles. The van der Waals surface area contributed by atoms with Crippen molar-refractivity contribution in [2.24, 2.45) is 0 Å². The first kappa shape index (κ1) is 14.6. The van der Waals surface area contributed by atoms with Crippen molar-refractivity contribution >= 4 is 0 Å². The predicted molar refractivity (Wildman–Crippen MR) is 86.4 cm³/mol. The highest BCUT2D eigenvalue weighted by molar-refractivity contribution is 5.70. The van der Waals surface area contributed by atoms with Gasteiger partial charge in [-0.1, -0.05) is 63.2 Å². The van der Waals surface area contributed by atoms with Crippen molar-refractivity contribution in [2.75, 3.05) is 6.61 Å². The van der Waals surface area contributed by atoms with Crippen LogP contribution in [0.1, 0.15) is 39.7 Å². The van der Waals surface area contributed by atoms with Crippen LogP contribution in [-0.2, 0) is 5.41 Å². The Bertz CT molecular complexity index is 552. The lowest BCUT2D eigenvalue weighted by Crippen LogP contribution is -2.14. The van der Waals surface area contributed by atoms with Crippen molar-refractivity contribution < 1.29 is 4.74 Å². The van der Waals surface area contributed by atoms with E-state index in [1.165, 1.54) is 11.1 Å². The lowest BCUT2D eigenvalue weighted by Gasteiger charge is -2.23. The van der Waals surface area contributed by atoms with Crippen LogP contribution in [0.25, 0.3) is 11.1 Å². The van der Waals surface area contributed by atoms with Gasteiger partial charge in [0.2, 0.25) is 0 Å². The minimum Gasteiger partial charge on any atom is -0.493 e. The molecule has 0 heterocycles. The van der Waals surface area contributed by atoms with E-state index in [-0.39, 0.29) is 5.41 Å². The van der Waals surface area contributed by atoms with Gasteiger partial charge in [-0.05, 0) is 36.0 Å². The summed E-state index contributed by atoms with van der Waals surface area (Å²) in [7, 11) is 0. The Morgan fingerprint density at radius 3 is 2.15 bits per heavy atom. The molecule has 2 aromatic carbocycles. The minimum atomic E-state index is 0.234. The van der Waals surface area contributed by atoms with Crippen LogP contribution in [0, 0.1) is 0 Å². The zero-order chi connectivity index (χ0) is 14.6. The van der Waals surface area contributed by atoms with Gasteiger partial charge in [-0.15, -0.1) is 0 Å². The largest absolute Gasteiger partial charge is 0.493 e. The molecular weight excluding hydrogens is 244 g/mol. The molecule has 0 saturated heterocycles. The van der Waals surface area contributed by atoms with Crippen molar-refractivity contribution in [2.45, 2.75) is 39.5 Å². The summed E-state index contributed by atoms with van der Waals surface area (Å²) in [5.41, 5.74) is 4.00. The van der Waals surface area contributed by atoms with Crippen LogP contribution >= 0.6 is 0 Å². The molecule has 0 aliphatic rings. The number of benzene rings is 2. The minimum absolute atomic E-state index is 0.234. The van der Waals surface area contributed by atoms with Gasteiger partial charge < -0.3 is 4.74 Å². The van der Waals surface area contributed by atoms with E-state index in [1.54, 1.807) is 0 Å². The molecule has 20 heavy (non-hydrogen) atoms. The SMILES string of the molecule is CCOc1ccccc1-c1ccc(C(C)(C)CC)cc1. The van der Waals surface area contributed by atoms with E-state index in [9.17, 15) is 0 Å². The number of rotatable bonds is 5. The van der Waals surface area contributed by atoms with Gasteiger partial charge >= 0.3 is 0 Å². The fourth-order valence-corrected chi connectivity index (χ4v) is 2.29. The summed E-state index contributed by atoms with van der Waals surface area (Å²) in [6.07, 6.45) is 1.14. The lowest BCUT2D eigenvalue weighted by molar-refractivity contribution is 0.341. The normalized spacial score (nSPS) is 11.4. The molecule has 0 aromatic heterocycles. The van der Waals surface area contributed by atoms with E-state index in [0.29, 0.717) is 6.61 Å². The third-order valence-corrected chi connectivity index (χ3v) is 4.05. The molecular formula is C19H24O. The van der Waals surface area contributed by atoms with Crippen LogP contribution in [-0.4, -0.2) is 6.61 Å². The molecule has 1 nitrogen and oxygen atoms in total. The van der Waals surface area contributed by atoms with Gasteiger partial charge in [0, 0.05) is 5.56 Å². The highest BCUT2D eigenvalue weighted by Crippen LogP contribution is 2.32. The standard InChI is InChI=1S/C19H24O/c1-5-19(3,4)16-13-11-15(12-14-16)17-9-7-8-10-18(17)20-6-2/h7-14H,5-6H2,1-4H3. The predicted octanol–water partition coefficient (Wildman–Crippen LogP) is 5.44. The summed E-state index contributed by atoms with van der Waals surface area (Å²) in [4.78, 5) is 0. The second-order valence-corrected chi connectivity index (χ2v) is 5.74. The van der Waals surface area contributed by atoms with E-state index in [0.717, 1.165) is 17.7 Å². The van der Waals surface area contributed by atoms with Gasteiger partial charge in [-0.3, -0.25) is 0 Å². The van der Waals surface area contributed by atoms with Gasteiger partial charge in [0.05, 0.1) is 6.61 Å². The molecule has 0 atom stereocenters. The molecule has 2 rings (SSSR count). The average Bonchev–Trinajstić information content (AvgIpc) is 2.48. The van der Waals surface area contributed by atoms with Gasteiger partial charge in [-0.2, -0.15) is 0 Å². The number of para-hydroxylation sites is 1. The summed E-state index contributed by atoms with van der Waals surface area (Å²) in [5.74, 6) is 0.956. The fourth-order valence-electron chi connectivity index (χ4n) is 2.29. The topological polar surface area (TPSA) is 9.23 Å². The smallest absolute Gasteiger partial charge is 0.127 e. The zero-order valence-electron chi connectivity index (χ0n) is 12.9. The first-order chi connectivity index (χ1) is 9.58. The second-order valence-electron chi connectivity index (χ2n) is 5.74. The quantitative estimate of drug-likeness (QED) is 0.701. The van der Waals surface area contributed by atoms with Crippen molar-refractivity contribution in [3.8, 4) is 16.9 Å². The molecule has 0 amide bonds. The van der Waals surface area contributed by atoms with E-state index in [4.69, 9.17) is 4.74 Å². The fraction of sp³-hybridized carbons (Fsp3) is 0.368. The monoisotopic (exact) mass is 268 g/mol. The van der Waals surface area contributed by atoms with Crippen molar-refractivity contribution in [1.29, 1.82) is 0 Å². The third-order valence-electron chi connectivity index (χ3n) is 4.05. The molecule has 0 spiro atoms. The molecule has 0 N–H and O–H groups in total. The molecule has 0 fully saturated rings. The Balaban J connectivity index is 2.35. The van der Waals surface area contributed by atoms with Crippen LogP contribution in [0.4, 0.5) is 0 Å². The van der Waals surface area contributed by atoms with Gasteiger partial charge in [0.25, 0.3) is 0 Å². The highest BCUT2D eigenvalue weighted by Gasteiger charge is 2.17. The molecule has 106 valence electrons.